The Labute approximate surface area is 156 Å². The first-order chi connectivity index (χ1) is 12.4. The molecule has 6 nitrogen and oxygen atoms in total. The van der Waals surface area contributed by atoms with Gasteiger partial charge in [-0.1, -0.05) is 11.6 Å². The van der Waals surface area contributed by atoms with E-state index < -0.39 is 17.9 Å². The predicted molar refractivity (Wildman–Crippen MR) is 99.3 cm³/mol. The quantitative estimate of drug-likeness (QED) is 0.748. The number of amides is 1. The molecule has 1 saturated heterocycles. The molecule has 0 bridgehead atoms. The third-order valence-corrected chi connectivity index (χ3v) is 6.20. The lowest BCUT2D eigenvalue weighted by Crippen LogP contribution is -2.46. The molecule has 1 aromatic rings. The molecule has 0 spiro atoms. The molecule has 1 saturated carbocycles. The number of nitrogens with two attached hydrogens (primary N) is 1. The average Bonchev–Trinajstić information content (AvgIpc) is 3.25. The van der Waals surface area contributed by atoms with Crippen LogP contribution in [-0.4, -0.2) is 42.9 Å². The number of hydrazone groups is 1. The average molecular weight is 380 g/mol. The van der Waals surface area contributed by atoms with E-state index in [-0.39, 0.29) is 16.8 Å². The minimum Gasteiger partial charge on any atom is -0.325 e. The van der Waals surface area contributed by atoms with E-state index in [0.717, 1.165) is 31.6 Å². The predicted octanol–water partition coefficient (Wildman–Crippen LogP) is 1.87. The first-order valence-electron chi connectivity index (χ1n) is 8.97. The first-order valence-corrected chi connectivity index (χ1v) is 9.35. The maximum atomic E-state index is 13.3. The molecule has 0 aromatic heterocycles. The Bertz CT molecular complexity index is 745. The molecule has 8 heteroatoms. The SMILES string of the molecule is CN1N=C(C2CC3CNCC3C2)C(C(=O)Nc2ccc(F)c(Cl)c2)C1N. The molecule has 1 aliphatic carbocycles. The number of nitrogens with one attached hydrogen (secondary N) is 2. The molecule has 2 fully saturated rings. The molecule has 2 aliphatic heterocycles. The monoisotopic (exact) mass is 379 g/mol. The summed E-state index contributed by atoms with van der Waals surface area (Å²) >= 11 is 5.81. The van der Waals surface area contributed by atoms with Crippen molar-refractivity contribution in [2.75, 3.05) is 25.5 Å². The Morgan fingerprint density at radius 1 is 1.38 bits per heavy atom. The fraction of sp³-hybridized carbons (Fsp3) is 0.556. The Morgan fingerprint density at radius 3 is 2.73 bits per heavy atom. The fourth-order valence-corrected chi connectivity index (χ4v) is 4.71. The van der Waals surface area contributed by atoms with Gasteiger partial charge in [0.25, 0.3) is 0 Å². The van der Waals surface area contributed by atoms with E-state index in [9.17, 15) is 9.18 Å². The van der Waals surface area contributed by atoms with Crippen molar-refractivity contribution in [3.63, 3.8) is 0 Å². The zero-order chi connectivity index (χ0) is 18.4. The van der Waals surface area contributed by atoms with Crippen LogP contribution in [0.15, 0.2) is 23.3 Å². The Kier molecular flexibility index (Phi) is 4.62. The zero-order valence-electron chi connectivity index (χ0n) is 14.6. The molecular formula is C18H23ClFN5O. The van der Waals surface area contributed by atoms with Gasteiger partial charge in [0.05, 0.1) is 10.7 Å². The highest BCUT2D eigenvalue weighted by atomic mass is 35.5. The summed E-state index contributed by atoms with van der Waals surface area (Å²) < 4.78 is 13.3. The summed E-state index contributed by atoms with van der Waals surface area (Å²) in [5, 5.41) is 12.5. The summed E-state index contributed by atoms with van der Waals surface area (Å²) in [5.41, 5.74) is 7.59. The lowest BCUT2D eigenvalue weighted by Gasteiger charge is -2.22. The highest BCUT2D eigenvalue weighted by molar-refractivity contribution is 6.31. The molecular weight excluding hydrogens is 357 g/mol. The van der Waals surface area contributed by atoms with Crippen molar-refractivity contribution < 1.29 is 9.18 Å². The summed E-state index contributed by atoms with van der Waals surface area (Å²) in [7, 11) is 1.80. The molecule has 26 heavy (non-hydrogen) atoms. The van der Waals surface area contributed by atoms with Gasteiger partial charge in [-0.15, -0.1) is 0 Å². The van der Waals surface area contributed by atoms with Crippen molar-refractivity contribution in [2.24, 2.45) is 34.5 Å². The van der Waals surface area contributed by atoms with Crippen molar-refractivity contribution in [1.82, 2.24) is 10.3 Å². The Morgan fingerprint density at radius 2 is 2.08 bits per heavy atom. The number of benzene rings is 1. The van der Waals surface area contributed by atoms with Gasteiger partial charge in [-0.2, -0.15) is 5.10 Å². The Balaban J connectivity index is 1.52. The van der Waals surface area contributed by atoms with Crippen LogP contribution in [0.4, 0.5) is 10.1 Å². The molecule has 4 rings (SSSR count). The standard InChI is InChI=1S/C18H23ClFN5O/c1-25-17(21)15(18(26)23-12-2-3-14(20)13(19)6-12)16(24-25)9-4-10-7-22-8-11(10)5-9/h2-3,6,9-11,15,17,22H,4-5,7-8,21H2,1H3,(H,23,26). The van der Waals surface area contributed by atoms with E-state index >= 15 is 0 Å². The number of carbonyl (C=O) groups is 1. The van der Waals surface area contributed by atoms with Crippen molar-refractivity contribution in [3.05, 3.63) is 29.0 Å². The van der Waals surface area contributed by atoms with Gasteiger partial charge in [0.15, 0.2) is 0 Å². The van der Waals surface area contributed by atoms with E-state index in [1.807, 2.05) is 0 Å². The number of carbonyl (C=O) groups excluding carboxylic acids is 1. The molecule has 4 atom stereocenters. The second-order valence-corrected chi connectivity index (χ2v) is 7.94. The molecule has 1 amide bonds. The molecule has 0 radical (unpaired) electrons. The third-order valence-electron chi connectivity index (χ3n) is 5.91. The number of anilines is 1. The van der Waals surface area contributed by atoms with E-state index in [1.165, 1.54) is 18.2 Å². The largest absolute Gasteiger partial charge is 0.325 e. The van der Waals surface area contributed by atoms with Crippen molar-refractivity contribution in [1.29, 1.82) is 0 Å². The molecule has 4 N–H and O–H groups in total. The van der Waals surface area contributed by atoms with Gasteiger partial charge in [0, 0.05) is 18.7 Å². The molecule has 140 valence electrons. The number of hydrogen-bond donors (Lipinski definition) is 3. The van der Waals surface area contributed by atoms with Gasteiger partial charge in [0.2, 0.25) is 5.91 Å². The number of hydrogen-bond acceptors (Lipinski definition) is 5. The second-order valence-electron chi connectivity index (χ2n) is 7.53. The van der Waals surface area contributed by atoms with Gasteiger partial charge >= 0.3 is 0 Å². The first kappa shape index (κ1) is 17.7. The minimum atomic E-state index is -0.518. The summed E-state index contributed by atoms with van der Waals surface area (Å²) in [5.74, 6) is 0.346. The summed E-state index contributed by atoms with van der Waals surface area (Å²) in [4.78, 5) is 12.9. The van der Waals surface area contributed by atoms with Crippen molar-refractivity contribution >= 4 is 28.9 Å². The van der Waals surface area contributed by atoms with Crippen LogP contribution in [0.2, 0.25) is 5.02 Å². The van der Waals surface area contributed by atoms with E-state index in [2.05, 4.69) is 15.7 Å². The maximum absolute atomic E-state index is 13.3. The number of halogens is 2. The maximum Gasteiger partial charge on any atom is 0.236 e. The minimum absolute atomic E-state index is 0.0272. The highest BCUT2D eigenvalue weighted by Gasteiger charge is 2.47. The van der Waals surface area contributed by atoms with Crippen LogP contribution in [0.25, 0.3) is 0 Å². The van der Waals surface area contributed by atoms with Crippen molar-refractivity contribution in [3.8, 4) is 0 Å². The van der Waals surface area contributed by atoms with Gasteiger partial charge in [-0.25, -0.2) is 4.39 Å². The van der Waals surface area contributed by atoms with Gasteiger partial charge in [-0.05, 0) is 56.0 Å². The van der Waals surface area contributed by atoms with E-state index in [0.29, 0.717) is 17.5 Å². The fourth-order valence-electron chi connectivity index (χ4n) is 4.53. The van der Waals surface area contributed by atoms with Gasteiger partial charge in [-0.3, -0.25) is 9.80 Å². The van der Waals surface area contributed by atoms with Crippen LogP contribution in [0.1, 0.15) is 12.8 Å². The van der Waals surface area contributed by atoms with E-state index in [1.54, 1.807) is 12.1 Å². The van der Waals surface area contributed by atoms with Crippen molar-refractivity contribution in [2.45, 2.75) is 19.0 Å². The third kappa shape index (κ3) is 3.08. The normalized spacial score (nSPS) is 33.3. The summed E-state index contributed by atoms with van der Waals surface area (Å²) in [6.07, 6.45) is 1.59. The topological polar surface area (TPSA) is 82.8 Å². The van der Waals surface area contributed by atoms with E-state index in [4.69, 9.17) is 17.3 Å². The second kappa shape index (κ2) is 6.79. The number of fused-ring (bicyclic) bond motifs is 1. The Hall–Kier alpha value is -1.70. The van der Waals surface area contributed by atoms with Crippen LogP contribution in [0, 0.1) is 29.5 Å². The van der Waals surface area contributed by atoms with Crippen LogP contribution in [0.5, 0.6) is 0 Å². The molecule has 2 heterocycles. The number of nitrogens with zero attached hydrogens (tertiary/aromatic N) is 2. The lowest BCUT2D eigenvalue weighted by atomic mass is 9.88. The molecule has 3 aliphatic rings. The highest BCUT2D eigenvalue weighted by Crippen LogP contribution is 2.42. The van der Waals surface area contributed by atoms with Crippen LogP contribution < -0.4 is 16.4 Å². The van der Waals surface area contributed by atoms with Crippen LogP contribution >= 0.6 is 11.6 Å². The molecule has 1 aromatic carbocycles. The summed E-state index contributed by atoms with van der Waals surface area (Å²) in [6.45, 7) is 2.09. The zero-order valence-corrected chi connectivity index (χ0v) is 15.3. The van der Waals surface area contributed by atoms with Gasteiger partial charge in [0.1, 0.15) is 17.9 Å². The van der Waals surface area contributed by atoms with Crippen LogP contribution in [-0.2, 0) is 4.79 Å². The van der Waals surface area contributed by atoms with Gasteiger partial charge < -0.3 is 16.4 Å². The van der Waals surface area contributed by atoms with Crippen LogP contribution in [0.3, 0.4) is 0 Å². The number of rotatable bonds is 3. The summed E-state index contributed by atoms with van der Waals surface area (Å²) in [6, 6.07) is 4.13. The smallest absolute Gasteiger partial charge is 0.236 e. The lowest BCUT2D eigenvalue weighted by molar-refractivity contribution is -0.119. The molecule has 4 unspecified atom stereocenters.